The Labute approximate surface area is 102 Å². The molecule has 6 N–H and O–H groups in total. The molecule has 0 saturated heterocycles. The van der Waals surface area contributed by atoms with Crippen molar-refractivity contribution in [1.29, 1.82) is 0 Å². The fourth-order valence-corrected chi connectivity index (χ4v) is 1.23. The van der Waals surface area contributed by atoms with E-state index in [2.05, 4.69) is 11.6 Å². The number of pyridine rings is 1. The van der Waals surface area contributed by atoms with E-state index in [-0.39, 0.29) is 11.5 Å². The second-order valence-electron chi connectivity index (χ2n) is 2.90. The van der Waals surface area contributed by atoms with Crippen LogP contribution in [0.2, 0.25) is 0 Å². The summed E-state index contributed by atoms with van der Waals surface area (Å²) in [6, 6.07) is 0. The highest BCUT2D eigenvalue weighted by molar-refractivity contribution is 5.86. The largest absolute Gasteiger partial charge is 0.396 e. The van der Waals surface area contributed by atoms with Crippen LogP contribution in [0.1, 0.15) is 32.0 Å². The van der Waals surface area contributed by atoms with Crippen molar-refractivity contribution in [2.24, 2.45) is 0 Å². The Bertz CT molecular complexity index is 413. The molecule has 17 heavy (non-hydrogen) atoms. The fraction of sp³-hybridized carbons (Fsp3) is 0.250. The molecule has 0 saturated carbocycles. The van der Waals surface area contributed by atoms with Gasteiger partial charge in [0.05, 0.1) is 11.4 Å². The van der Waals surface area contributed by atoms with Gasteiger partial charge in [-0.05, 0) is 13.0 Å². The third kappa shape index (κ3) is 3.22. The third-order valence-electron chi connectivity index (χ3n) is 1.98. The monoisotopic (exact) mass is 236 g/mol. The van der Waals surface area contributed by atoms with Crippen LogP contribution < -0.4 is 16.9 Å². The molecule has 0 bridgehead atoms. The lowest BCUT2D eigenvalue weighted by Gasteiger charge is -2.11. The van der Waals surface area contributed by atoms with Crippen LogP contribution in [0.15, 0.2) is 12.7 Å². The number of rotatable bonds is 3. The average Bonchev–Trinajstić information content (AvgIpc) is 2.38. The molecule has 0 fully saturated rings. The molecule has 0 spiro atoms. The van der Waals surface area contributed by atoms with Crippen molar-refractivity contribution in [3.63, 3.8) is 0 Å². The average molecular weight is 236 g/mol. The van der Waals surface area contributed by atoms with Crippen LogP contribution in [0.25, 0.3) is 12.2 Å². The van der Waals surface area contributed by atoms with Crippen LogP contribution in [-0.4, -0.2) is 10.2 Å². The summed E-state index contributed by atoms with van der Waals surface area (Å²) in [5.74, 6) is 0.135. The van der Waals surface area contributed by atoms with Gasteiger partial charge in [-0.3, -0.25) is 10.7 Å². The van der Waals surface area contributed by atoms with Gasteiger partial charge in [0.25, 0.3) is 0 Å². The minimum Gasteiger partial charge on any atom is -0.396 e. The fourth-order valence-electron chi connectivity index (χ4n) is 1.23. The molecule has 1 rings (SSSR count). The number of hydrogen-bond donors (Lipinski definition) is 4. The topological polar surface area (TPSA) is 97.2 Å². The number of aromatic nitrogens is 1. The van der Waals surface area contributed by atoms with E-state index in [9.17, 15) is 0 Å². The number of nitrogens with zero attached hydrogens (tertiary/aromatic N) is 1. The van der Waals surface area contributed by atoms with Crippen LogP contribution in [0.4, 0.5) is 17.2 Å². The molecular weight excluding hydrogens is 216 g/mol. The second kappa shape index (κ2) is 7.29. The number of nitrogens with two attached hydrogens (primary N) is 2. The Morgan fingerprint density at radius 1 is 1.29 bits per heavy atom. The molecule has 0 unspecified atom stereocenters. The van der Waals surface area contributed by atoms with Gasteiger partial charge in [-0.25, -0.2) is 4.98 Å². The maximum Gasteiger partial charge on any atom is 0.175 e. The summed E-state index contributed by atoms with van der Waals surface area (Å²) in [6.45, 7) is 9.48. The van der Waals surface area contributed by atoms with Crippen molar-refractivity contribution >= 4 is 29.3 Å². The first-order valence-corrected chi connectivity index (χ1v) is 5.39. The van der Waals surface area contributed by atoms with Gasteiger partial charge in [0.2, 0.25) is 0 Å². The molecule has 0 aromatic carbocycles. The number of hydrogen-bond acceptors (Lipinski definition) is 5. The molecule has 0 atom stereocenters. The lowest BCUT2D eigenvalue weighted by Crippen LogP contribution is -2.07. The Kier molecular flexibility index (Phi) is 6.43. The van der Waals surface area contributed by atoms with Gasteiger partial charge in [0, 0.05) is 5.56 Å². The molecule has 1 aromatic rings. The van der Waals surface area contributed by atoms with E-state index in [4.69, 9.17) is 16.7 Å². The van der Waals surface area contributed by atoms with Gasteiger partial charge >= 0.3 is 0 Å². The predicted molar refractivity (Wildman–Crippen MR) is 74.6 cm³/mol. The van der Waals surface area contributed by atoms with Gasteiger partial charge < -0.3 is 11.5 Å². The number of allylic oxidation sites excluding steroid dienone is 1. The lowest BCUT2D eigenvalue weighted by molar-refractivity contribution is 0.386. The van der Waals surface area contributed by atoms with E-state index in [1.807, 2.05) is 32.3 Å². The Morgan fingerprint density at radius 3 is 2.29 bits per heavy atom. The van der Waals surface area contributed by atoms with Crippen molar-refractivity contribution in [1.82, 2.24) is 4.98 Å². The molecule has 5 nitrogen and oxygen atoms in total. The number of nitrogens with one attached hydrogen (secondary N) is 1. The van der Waals surface area contributed by atoms with Gasteiger partial charge in [-0.2, -0.15) is 0 Å². The van der Waals surface area contributed by atoms with Crippen molar-refractivity contribution in [3.05, 3.63) is 23.9 Å². The molecule has 0 aliphatic rings. The van der Waals surface area contributed by atoms with Crippen LogP contribution >= 0.6 is 0 Å². The van der Waals surface area contributed by atoms with E-state index in [0.29, 0.717) is 16.9 Å². The summed E-state index contributed by atoms with van der Waals surface area (Å²) in [7, 11) is 0. The zero-order chi connectivity index (χ0) is 13.4. The third-order valence-corrected chi connectivity index (χ3v) is 1.98. The highest BCUT2D eigenvalue weighted by atomic mass is 16.5. The zero-order valence-corrected chi connectivity index (χ0v) is 10.5. The zero-order valence-electron chi connectivity index (χ0n) is 10.5. The second-order valence-corrected chi connectivity index (χ2v) is 2.90. The highest BCUT2D eigenvalue weighted by Gasteiger charge is 2.11. The Balaban J connectivity index is 0.00000121. The Morgan fingerprint density at radius 2 is 1.88 bits per heavy atom. The van der Waals surface area contributed by atoms with Gasteiger partial charge in [0.1, 0.15) is 5.69 Å². The first-order chi connectivity index (χ1) is 8.15. The van der Waals surface area contributed by atoms with Crippen molar-refractivity contribution in [2.45, 2.75) is 20.8 Å². The molecule has 0 aliphatic carbocycles. The van der Waals surface area contributed by atoms with Crippen molar-refractivity contribution in [3.8, 4) is 0 Å². The van der Waals surface area contributed by atoms with E-state index >= 15 is 0 Å². The van der Waals surface area contributed by atoms with Gasteiger partial charge in [-0.15, -0.1) is 0 Å². The smallest absolute Gasteiger partial charge is 0.175 e. The molecule has 1 aromatic heterocycles. The van der Waals surface area contributed by atoms with Crippen LogP contribution in [-0.2, 0) is 0 Å². The van der Waals surface area contributed by atoms with E-state index in [1.165, 1.54) is 0 Å². The summed E-state index contributed by atoms with van der Waals surface area (Å²) in [5, 5.41) is 8.78. The molecule has 5 heteroatoms. The summed E-state index contributed by atoms with van der Waals surface area (Å²) >= 11 is 0. The molecule has 0 radical (unpaired) electrons. The standard InChI is InChI=1S/C10H14N4O.C2H6/c1-3-5-6-7(4-2)13-10(14-15)9(12)8(6)11;1-2/h3-5,15H,2,12H2,1H3,(H3,11,13,14);1-2H3/b5-3-;. The maximum atomic E-state index is 8.78. The maximum absolute atomic E-state index is 8.78. The first kappa shape index (κ1) is 15.0. The van der Waals surface area contributed by atoms with Crippen molar-refractivity contribution in [2.75, 3.05) is 16.9 Å². The summed E-state index contributed by atoms with van der Waals surface area (Å²) in [4.78, 5) is 4.05. The summed E-state index contributed by atoms with van der Waals surface area (Å²) in [6.07, 6.45) is 5.16. The molecule has 94 valence electrons. The van der Waals surface area contributed by atoms with Crippen LogP contribution in [0, 0.1) is 0 Å². The van der Waals surface area contributed by atoms with Gasteiger partial charge in [-0.1, -0.05) is 32.6 Å². The molecule has 0 amide bonds. The summed E-state index contributed by atoms with van der Waals surface area (Å²) < 4.78 is 0. The van der Waals surface area contributed by atoms with Crippen LogP contribution in [0.5, 0.6) is 0 Å². The molecule has 1 heterocycles. The minimum absolute atomic E-state index is 0.135. The quantitative estimate of drug-likeness (QED) is 0.605. The number of anilines is 3. The lowest BCUT2D eigenvalue weighted by atomic mass is 10.1. The number of nitrogen functional groups attached to an aromatic ring is 2. The van der Waals surface area contributed by atoms with Gasteiger partial charge in [0.15, 0.2) is 5.82 Å². The molecular formula is C12H20N4O. The van der Waals surface area contributed by atoms with Crippen molar-refractivity contribution < 1.29 is 5.21 Å². The SMILES string of the molecule is C=Cc1nc(NO)c(N)c(N)c1/C=C\C.CC. The first-order valence-electron chi connectivity index (χ1n) is 5.39. The highest BCUT2D eigenvalue weighted by Crippen LogP contribution is 2.30. The summed E-state index contributed by atoms with van der Waals surface area (Å²) in [5.41, 5.74) is 15.2. The van der Waals surface area contributed by atoms with E-state index in [0.717, 1.165) is 0 Å². The Hall–Kier alpha value is -2.01. The predicted octanol–water partition coefficient (Wildman–Crippen LogP) is 2.75. The minimum atomic E-state index is 0.135. The van der Waals surface area contributed by atoms with E-state index < -0.39 is 0 Å². The van der Waals surface area contributed by atoms with Crippen LogP contribution in [0.3, 0.4) is 0 Å². The normalized spacial score (nSPS) is 9.65. The van der Waals surface area contributed by atoms with E-state index in [1.54, 1.807) is 12.2 Å². The molecule has 0 aliphatic heterocycles.